The summed E-state index contributed by atoms with van der Waals surface area (Å²) in [6, 6.07) is 8.35. The van der Waals surface area contributed by atoms with Gasteiger partial charge in [-0.25, -0.2) is 4.98 Å². The molecule has 0 N–H and O–H groups in total. The van der Waals surface area contributed by atoms with Crippen LogP contribution in [0, 0.1) is 5.41 Å². The van der Waals surface area contributed by atoms with Crippen molar-refractivity contribution in [3.8, 4) is 0 Å². The highest BCUT2D eigenvalue weighted by Gasteiger charge is 2.36. The minimum atomic E-state index is 0.357. The van der Waals surface area contributed by atoms with Gasteiger partial charge in [-0.2, -0.15) is 0 Å². The van der Waals surface area contributed by atoms with Crippen LogP contribution in [0.2, 0.25) is 0 Å². The van der Waals surface area contributed by atoms with Crippen LogP contribution in [-0.2, 0) is 6.42 Å². The highest BCUT2D eigenvalue weighted by atomic mass is 35.5. The molecule has 1 aromatic heterocycles. The van der Waals surface area contributed by atoms with Crippen LogP contribution in [0.25, 0.3) is 10.2 Å². The van der Waals surface area contributed by atoms with E-state index in [2.05, 4.69) is 23.2 Å². The van der Waals surface area contributed by atoms with Crippen molar-refractivity contribution in [1.82, 2.24) is 4.98 Å². The Bertz CT molecular complexity index is 463. The maximum atomic E-state index is 6.09. The average molecular weight is 252 g/mol. The fourth-order valence-electron chi connectivity index (χ4n) is 2.35. The molecule has 16 heavy (non-hydrogen) atoms. The summed E-state index contributed by atoms with van der Waals surface area (Å²) in [6.45, 7) is 0. The monoisotopic (exact) mass is 251 g/mol. The largest absolute Gasteiger partial charge is 0.241 e. The molecular formula is C13H14ClNS. The quantitative estimate of drug-likeness (QED) is 0.744. The van der Waals surface area contributed by atoms with Crippen LogP contribution in [0.5, 0.6) is 0 Å². The number of aromatic nitrogens is 1. The van der Waals surface area contributed by atoms with Crippen molar-refractivity contribution in [3.05, 3.63) is 29.3 Å². The van der Waals surface area contributed by atoms with Gasteiger partial charge in [-0.15, -0.1) is 22.9 Å². The predicted molar refractivity (Wildman–Crippen MR) is 70.3 cm³/mol. The molecule has 0 bridgehead atoms. The van der Waals surface area contributed by atoms with Crippen molar-refractivity contribution in [2.75, 3.05) is 5.88 Å². The van der Waals surface area contributed by atoms with Crippen LogP contribution in [0.4, 0.5) is 0 Å². The van der Waals surface area contributed by atoms with Gasteiger partial charge in [0.2, 0.25) is 0 Å². The summed E-state index contributed by atoms with van der Waals surface area (Å²) in [5, 5.41) is 1.25. The van der Waals surface area contributed by atoms with Crippen molar-refractivity contribution in [3.63, 3.8) is 0 Å². The van der Waals surface area contributed by atoms with E-state index in [1.54, 1.807) is 0 Å². The van der Waals surface area contributed by atoms with Crippen LogP contribution in [-0.4, -0.2) is 10.9 Å². The summed E-state index contributed by atoms with van der Waals surface area (Å²) >= 11 is 7.90. The number of thiazole rings is 1. The van der Waals surface area contributed by atoms with E-state index in [-0.39, 0.29) is 0 Å². The van der Waals surface area contributed by atoms with Gasteiger partial charge >= 0.3 is 0 Å². The number of alkyl halides is 1. The molecule has 0 spiro atoms. The third kappa shape index (κ3) is 1.74. The summed E-state index contributed by atoms with van der Waals surface area (Å²) in [5.41, 5.74) is 1.49. The second-order valence-corrected chi connectivity index (χ2v) is 6.12. The van der Waals surface area contributed by atoms with Gasteiger partial charge in [0.1, 0.15) is 0 Å². The van der Waals surface area contributed by atoms with Gasteiger partial charge < -0.3 is 0 Å². The molecule has 0 radical (unpaired) electrons. The maximum absolute atomic E-state index is 6.09. The molecule has 1 aromatic carbocycles. The highest BCUT2D eigenvalue weighted by Crippen LogP contribution is 2.45. The third-order valence-electron chi connectivity index (χ3n) is 3.56. The molecule has 1 nitrogen and oxygen atoms in total. The molecule has 1 fully saturated rings. The summed E-state index contributed by atoms with van der Waals surface area (Å²) in [7, 11) is 0. The lowest BCUT2D eigenvalue weighted by atomic mass is 9.68. The first kappa shape index (κ1) is 10.5. The Morgan fingerprint density at radius 3 is 2.75 bits per heavy atom. The topological polar surface area (TPSA) is 12.9 Å². The van der Waals surface area contributed by atoms with Gasteiger partial charge in [0, 0.05) is 12.3 Å². The van der Waals surface area contributed by atoms with Gasteiger partial charge in [0.05, 0.1) is 15.2 Å². The number of benzene rings is 1. The van der Waals surface area contributed by atoms with Crippen LogP contribution < -0.4 is 0 Å². The predicted octanol–water partition coefficient (Wildman–Crippen LogP) is 4.25. The Hall–Kier alpha value is -0.600. The van der Waals surface area contributed by atoms with Gasteiger partial charge in [-0.3, -0.25) is 0 Å². The van der Waals surface area contributed by atoms with Gasteiger partial charge in [0.25, 0.3) is 0 Å². The summed E-state index contributed by atoms with van der Waals surface area (Å²) in [4.78, 5) is 4.69. The first-order valence-electron chi connectivity index (χ1n) is 5.72. The van der Waals surface area contributed by atoms with Crippen LogP contribution in [0.1, 0.15) is 24.3 Å². The molecule has 1 aliphatic rings. The zero-order valence-electron chi connectivity index (χ0n) is 9.08. The Kier molecular flexibility index (Phi) is 2.64. The number of rotatable bonds is 3. The van der Waals surface area contributed by atoms with E-state index in [9.17, 15) is 0 Å². The summed E-state index contributed by atoms with van der Waals surface area (Å²) < 4.78 is 1.29. The van der Waals surface area contributed by atoms with E-state index in [0.717, 1.165) is 17.8 Å². The number of nitrogens with zero attached hydrogens (tertiary/aromatic N) is 1. The van der Waals surface area contributed by atoms with Crippen LogP contribution in [0.15, 0.2) is 24.3 Å². The fourth-order valence-corrected chi connectivity index (χ4v) is 3.85. The Balaban J connectivity index is 1.89. The number of halogens is 1. The normalized spacial score (nSPS) is 18.6. The molecule has 1 aliphatic carbocycles. The molecule has 84 valence electrons. The molecule has 0 atom stereocenters. The SMILES string of the molecule is ClCC1(Cc2nc3ccccc3s2)CCC1. The molecule has 2 aromatic rings. The van der Waals surface area contributed by atoms with E-state index < -0.39 is 0 Å². The lowest BCUT2D eigenvalue weighted by Gasteiger charge is -2.39. The second kappa shape index (κ2) is 4.01. The molecule has 0 amide bonds. The minimum absolute atomic E-state index is 0.357. The average Bonchev–Trinajstić information content (AvgIpc) is 2.65. The number of hydrogen-bond donors (Lipinski definition) is 0. The van der Waals surface area contributed by atoms with E-state index in [1.807, 2.05) is 17.4 Å². The number of hydrogen-bond acceptors (Lipinski definition) is 2. The maximum Gasteiger partial charge on any atom is 0.0944 e. The fraction of sp³-hybridized carbons (Fsp3) is 0.462. The second-order valence-electron chi connectivity index (χ2n) is 4.74. The van der Waals surface area contributed by atoms with Crippen molar-refractivity contribution < 1.29 is 0 Å². The first-order valence-corrected chi connectivity index (χ1v) is 7.07. The van der Waals surface area contributed by atoms with Crippen molar-refractivity contribution in [1.29, 1.82) is 0 Å². The minimum Gasteiger partial charge on any atom is -0.241 e. The molecule has 3 rings (SSSR count). The van der Waals surface area contributed by atoms with Gasteiger partial charge in [0.15, 0.2) is 0 Å². The van der Waals surface area contributed by atoms with E-state index >= 15 is 0 Å². The van der Waals surface area contributed by atoms with E-state index in [0.29, 0.717) is 5.41 Å². The Morgan fingerprint density at radius 1 is 1.31 bits per heavy atom. The van der Waals surface area contributed by atoms with E-state index in [4.69, 9.17) is 11.6 Å². The van der Waals surface area contributed by atoms with Crippen LogP contribution >= 0.6 is 22.9 Å². The van der Waals surface area contributed by atoms with Gasteiger partial charge in [-0.05, 0) is 30.4 Å². The zero-order chi connectivity index (χ0) is 11.0. The molecule has 1 saturated carbocycles. The molecule has 0 aliphatic heterocycles. The Labute approximate surface area is 104 Å². The smallest absolute Gasteiger partial charge is 0.0944 e. The standard InChI is InChI=1S/C13H14ClNS/c14-9-13(6-3-7-13)8-12-15-10-4-1-2-5-11(10)16-12/h1-2,4-5H,3,6-9H2. The molecule has 1 heterocycles. The summed E-state index contributed by atoms with van der Waals surface area (Å²) in [6.07, 6.45) is 4.94. The molecule has 0 saturated heterocycles. The van der Waals surface area contributed by atoms with Gasteiger partial charge in [-0.1, -0.05) is 18.6 Å². The molecule has 3 heteroatoms. The number of para-hydroxylation sites is 1. The first-order chi connectivity index (χ1) is 7.81. The summed E-state index contributed by atoms with van der Waals surface area (Å²) in [5.74, 6) is 0.781. The molecular weight excluding hydrogens is 238 g/mol. The van der Waals surface area contributed by atoms with Crippen LogP contribution in [0.3, 0.4) is 0 Å². The lowest BCUT2D eigenvalue weighted by molar-refractivity contribution is 0.166. The highest BCUT2D eigenvalue weighted by molar-refractivity contribution is 7.18. The van der Waals surface area contributed by atoms with E-state index in [1.165, 1.54) is 29.0 Å². The molecule has 0 unspecified atom stereocenters. The third-order valence-corrected chi connectivity index (χ3v) is 5.17. The van der Waals surface area contributed by atoms with Crippen molar-refractivity contribution in [2.45, 2.75) is 25.7 Å². The van der Waals surface area contributed by atoms with Crippen molar-refractivity contribution >= 4 is 33.2 Å². The van der Waals surface area contributed by atoms with Crippen molar-refractivity contribution in [2.24, 2.45) is 5.41 Å². The lowest BCUT2D eigenvalue weighted by Crippen LogP contribution is -2.33. The Morgan fingerprint density at radius 2 is 2.12 bits per heavy atom. The zero-order valence-corrected chi connectivity index (χ0v) is 10.7. The number of fused-ring (bicyclic) bond motifs is 1.